The van der Waals surface area contributed by atoms with Gasteiger partial charge in [0.15, 0.2) is 0 Å². The topological polar surface area (TPSA) is 9.86 Å². The van der Waals surface area contributed by atoms with Crippen molar-refractivity contribution >= 4 is 55.8 Å². The van der Waals surface area contributed by atoms with Crippen molar-refractivity contribution in [3.8, 4) is 33.6 Å². The summed E-state index contributed by atoms with van der Waals surface area (Å²) in [6, 6.07) is 68.2. The third-order valence-corrected chi connectivity index (χ3v) is 10.6. The predicted molar refractivity (Wildman–Crippen MR) is 226 cm³/mol. The van der Waals surface area contributed by atoms with Gasteiger partial charge in [-0.2, -0.15) is 0 Å². The molecule has 250 valence electrons. The fourth-order valence-electron chi connectivity index (χ4n) is 7.99. The molecule has 0 aliphatic carbocycles. The molecule has 2 heteroatoms. The van der Waals surface area contributed by atoms with Gasteiger partial charge in [-0.15, -0.1) is 0 Å². The van der Waals surface area contributed by atoms with E-state index in [2.05, 4.69) is 216 Å². The van der Waals surface area contributed by atoms with Crippen molar-refractivity contribution in [1.82, 2.24) is 9.13 Å². The molecule has 0 N–H and O–H groups in total. The number of para-hydroxylation sites is 3. The van der Waals surface area contributed by atoms with Crippen molar-refractivity contribution in [2.45, 2.75) is 6.92 Å². The highest BCUT2D eigenvalue weighted by Crippen LogP contribution is 2.36. The van der Waals surface area contributed by atoms with Gasteiger partial charge in [0.2, 0.25) is 0 Å². The lowest BCUT2D eigenvalue weighted by Crippen LogP contribution is -1.94. The van der Waals surface area contributed by atoms with Crippen LogP contribution in [0.3, 0.4) is 0 Å². The first-order valence-corrected chi connectivity index (χ1v) is 18.3. The average Bonchev–Trinajstić information content (AvgIpc) is 3.73. The maximum Gasteiger partial charge on any atom is 0.0541 e. The molecule has 53 heavy (non-hydrogen) atoms. The molecule has 10 rings (SSSR count). The summed E-state index contributed by atoms with van der Waals surface area (Å²) in [4.78, 5) is 0. The third-order valence-electron chi connectivity index (χ3n) is 10.6. The molecule has 0 spiro atoms. The van der Waals surface area contributed by atoms with Gasteiger partial charge < -0.3 is 9.13 Å². The minimum atomic E-state index is 1.17. The van der Waals surface area contributed by atoms with Gasteiger partial charge in [0.05, 0.1) is 22.1 Å². The molecule has 0 bridgehead atoms. The summed E-state index contributed by atoms with van der Waals surface area (Å²) in [5.74, 6) is 0. The highest BCUT2D eigenvalue weighted by atomic mass is 15.0. The van der Waals surface area contributed by atoms with Gasteiger partial charge in [0.25, 0.3) is 0 Å². The van der Waals surface area contributed by atoms with Crippen LogP contribution in [-0.2, 0) is 0 Å². The van der Waals surface area contributed by atoms with Crippen LogP contribution in [0.1, 0.15) is 16.7 Å². The van der Waals surface area contributed by atoms with Crippen molar-refractivity contribution in [1.29, 1.82) is 0 Å². The molecule has 0 atom stereocenters. The van der Waals surface area contributed by atoms with Crippen molar-refractivity contribution in [3.05, 3.63) is 205 Å². The number of aryl methyl sites for hydroxylation is 1. The first kappa shape index (κ1) is 30.9. The zero-order valence-electron chi connectivity index (χ0n) is 29.4. The lowest BCUT2D eigenvalue weighted by atomic mass is 10.0. The number of rotatable bonds is 6. The fraction of sp³-hybridized carbons (Fsp3) is 0.0196. The van der Waals surface area contributed by atoms with E-state index in [0.29, 0.717) is 0 Å². The Hall–Kier alpha value is -6.90. The molecule has 2 aromatic heterocycles. The fourth-order valence-corrected chi connectivity index (χ4v) is 7.99. The Kier molecular flexibility index (Phi) is 7.40. The molecular weight excluding hydrogens is 641 g/mol. The van der Waals surface area contributed by atoms with Crippen LogP contribution in [0.2, 0.25) is 0 Å². The van der Waals surface area contributed by atoms with E-state index in [1.807, 2.05) is 0 Å². The lowest BCUT2D eigenvalue weighted by molar-refractivity contribution is 1.17. The SMILES string of the molecule is Cc1cccc(-n2c3ccccc3c3cc(-c4ccc(/C=C/c5ccc(-c6cccc(-n7c8ccccc8c8ccccc87)c6)cc5)cc4)ccc32)c1. The van der Waals surface area contributed by atoms with E-state index >= 15 is 0 Å². The van der Waals surface area contributed by atoms with Gasteiger partial charge in [-0.3, -0.25) is 0 Å². The normalized spacial score (nSPS) is 11.8. The van der Waals surface area contributed by atoms with E-state index in [4.69, 9.17) is 0 Å². The van der Waals surface area contributed by atoms with Crippen molar-refractivity contribution < 1.29 is 0 Å². The summed E-state index contributed by atoms with van der Waals surface area (Å²) in [7, 11) is 0. The van der Waals surface area contributed by atoms with Crippen LogP contribution >= 0.6 is 0 Å². The largest absolute Gasteiger partial charge is 0.309 e. The standard InChI is InChI=1S/C51H36N2/c1-35-10-8-12-42(32-35)52-50-19-7-4-16-46(50)47-34-41(30-31-51(47)52)39-28-24-37(25-29-39)21-20-36-22-26-38(27-23-36)40-11-9-13-43(33-40)53-48-17-5-2-14-44(48)45-15-3-6-18-49(45)53/h2-34H,1H3/b21-20+. The number of aromatic nitrogens is 2. The molecule has 0 unspecified atom stereocenters. The summed E-state index contributed by atoms with van der Waals surface area (Å²) < 4.78 is 4.76. The second-order valence-corrected chi connectivity index (χ2v) is 13.9. The molecule has 2 heterocycles. The molecule has 0 amide bonds. The highest BCUT2D eigenvalue weighted by molar-refractivity contribution is 6.11. The molecule has 0 fully saturated rings. The predicted octanol–water partition coefficient (Wildman–Crippen LogP) is 13.7. The first-order valence-electron chi connectivity index (χ1n) is 18.3. The number of nitrogens with zero attached hydrogens (tertiary/aromatic N) is 2. The maximum absolute atomic E-state index is 2.38. The van der Waals surface area contributed by atoms with Crippen LogP contribution in [-0.4, -0.2) is 9.13 Å². The Morgan fingerprint density at radius 3 is 1.30 bits per heavy atom. The van der Waals surface area contributed by atoms with Crippen LogP contribution in [0.5, 0.6) is 0 Å². The van der Waals surface area contributed by atoms with Gasteiger partial charge in [-0.05, 0) is 100 Å². The average molecular weight is 677 g/mol. The van der Waals surface area contributed by atoms with Crippen LogP contribution < -0.4 is 0 Å². The van der Waals surface area contributed by atoms with Crippen molar-refractivity contribution in [3.63, 3.8) is 0 Å². The number of fused-ring (bicyclic) bond motifs is 6. The molecule has 0 aliphatic rings. The smallest absolute Gasteiger partial charge is 0.0541 e. The second kappa shape index (κ2) is 12.7. The third kappa shape index (κ3) is 5.44. The molecule has 8 aromatic carbocycles. The van der Waals surface area contributed by atoms with Gasteiger partial charge >= 0.3 is 0 Å². The van der Waals surface area contributed by atoms with Crippen LogP contribution in [0.15, 0.2) is 188 Å². The maximum atomic E-state index is 2.38. The van der Waals surface area contributed by atoms with E-state index < -0.39 is 0 Å². The Balaban J connectivity index is 0.899. The Morgan fingerprint density at radius 2 is 0.755 bits per heavy atom. The van der Waals surface area contributed by atoms with Crippen molar-refractivity contribution in [2.24, 2.45) is 0 Å². The summed E-state index contributed by atoms with van der Waals surface area (Å²) in [6.45, 7) is 2.15. The molecule has 0 radical (unpaired) electrons. The van der Waals surface area contributed by atoms with Crippen LogP contribution in [0, 0.1) is 6.92 Å². The Morgan fingerprint density at radius 1 is 0.321 bits per heavy atom. The molecule has 10 aromatic rings. The Labute approximate surface area is 309 Å². The van der Waals surface area contributed by atoms with E-state index in [9.17, 15) is 0 Å². The quantitative estimate of drug-likeness (QED) is 0.155. The summed E-state index contributed by atoms with van der Waals surface area (Å²) >= 11 is 0. The minimum absolute atomic E-state index is 1.17. The van der Waals surface area contributed by atoms with E-state index in [-0.39, 0.29) is 0 Å². The number of benzene rings is 8. The minimum Gasteiger partial charge on any atom is -0.309 e. The van der Waals surface area contributed by atoms with E-state index in [0.717, 1.165) is 0 Å². The lowest BCUT2D eigenvalue weighted by Gasteiger charge is -2.10. The van der Waals surface area contributed by atoms with Crippen LogP contribution in [0.4, 0.5) is 0 Å². The van der Waals surface area contributed by atoms with Gasteiger partial charge in [0, 0.05) is 32.9 Å². The molecular formula is C51H36N2. The van der Waals surface area contributed by atoms with E-state index in [1.54, 1.807) is 0 Å². The van der Waals surface area contributed by atoms with E-state index in [1.165, 1.54) is 93.9 Å². The highest BCUT2D eigenvalue weighted by Gasteiger charge is 2.14. The number of hydrogen-bond donors (Lipinski definition) is 0. The molecule has 0 aliphatic heterocycles. The Bertz CT molecular complexity index is 2940. The molecule has 2 nitrogen and oxygen atoms in total. The molecule has 0 saturated carbocycles. The van der Waals surface area contributed by atoms with Gasteiger partial charge in [0.1, 0.15) is 0 Å². The van der Waals surface area contributed by atoms with Gasteiger partial charge in [-0.1, -0.05) is 146 Å². The molecule has 0 saturated heterocycles. The monoisotopic (exact) mass is 676 g/mol. The van der Waals surface area contributed by atoms with Crippen molar-refractivity contribution in [2.75, 3.05) is 0 Å². The van der Waals surface area contributed by atoms with Crippen LogP contribution in [0.25, 0.3) is 89.4 Å². The summed E-state index contributed by atoms with van der Waals surface area (Å²) in [6.07, 6.45) is 4.39. The summed E-state index contributed by atoms with van der Waals surface area (Å²) in [5, 5.41) is 5.09. The second-order valence-electron chi connectivity index (χ2n) is 13.9. The zero-order valence-corrected chi connectivity index (χ0v) is 29.4. The first-order chi connectivity index (χ1) is 26.2. The number of hydrogen-bond acceptors (Lipinski definition) is 0. The van der Waals surface area contributed by atoms with Gasteiger partial charge in [-0.25, -0.2) is 0 Å². The zero-order chi connectivity index (χ0) is 35.3. The summed E-state index contributed by atoms with van der Waals surface area (Å²) in [5.41, 5.74) is 15.7.